The molecular formula is C17H27IN6O. The molecule has 1 aromatic carbocycles. The number of nitrogens with zero attached hydrogens (tertiary/aromatic N) is 4. The van der Waals surface area contributed by atoms with Gasteiger partial charge in [-0.05, 0) is 32.4 Å². The van der Waals surface area contributed by atoms with Crippen LogP contribution in [0.2, 0.25) is 0 Å². The van der Waals surface area contributed by atoms with Crippen LogP contribution in [-0.4, -0.2) is 34.4 Å². The molecule has 0 fully saturated rings. The Morgan fingerprint density at radius 3 is 2.68 bits per heavy atom. The molecule has 0 radical (unpaired) electrons. The van der Waals surface area contributed by atoms with Crippen LogP contribution >= 0.6 is 24.0 Å². The fourth-order valence-electron chi connectivity index (χ4n) is 2.34. The standard InChI is InChI=1S/C17H26N6O.HI/c1-5-23-12-21-22-16(23)11-20-17(18-4)19-10-14-8-7-13(3)9-15(14)24-6-2;/h7-9,12H,5-6,10-11H2,1-4H3,(H2,18,19,20);1H. The van der Waals surface area contributed by atoms with Crippen molar-refractivity contribution in [1.82, 2.24) is 25.4 Å². The normalized spacial score (nSPS) is 11.0. The maximum absolute atomic E-state index is 5.71. The zero-order chi connectivity index (χ0) is 17.4. The summed E-state index contributed by atoms with van der Waals surface area (Å²) in [6.07, 6.45) is 1.73. The fourth-order valence-corrected chi connectivity index (χ4v) is 2.34. The van der Waals surface area contributed by atoms with E-state index in [1.807, 2.05) is 11.5 Å². The molecule has 25 heavy (non-hydrogen) atoms. The molecule has 0 aliphatic rings. The number of aromatic nitrogens is 3. The summed E-state index contributed by atoms with van der Waals surface area (Å²) in [7, 11) is 1.75. The largest absolute Gasteiger partial charge is 0.494 e. The zero-order valence-electron chi connectivity index (χ0n) is 15.2. The lowest BCUT2D eigenvalue weighted by Gasteiger charge is -2.15. The number of guanidine groups is 1. The third kappa shape index (κ3) is 6.18. The molecular weight excluding hydrogens is 431 g/mol. The lowest BCUT2D eigenvalue weighted by molar-refractivity contribution is 0.336. The minimum Gasteiger partial charge on any atom is -0.494 e. The first-order valence-corrected chi connectivity index (χ1v) is 8.21. The van der Waals surface area contributed by atoms with Crippen LogP contribution in [0.1, 0.15) is 30.8 Å². The second kappa shape index (κ2) is 10.9. The summed E-state index contributed by atoms with van der Waals surface area (Å²) < 4.78 is 7.70. The summed E-state index contributed by atoms with van der Waals surface area (Å²) in [6.45, 7) is 8.81. The summed E-state index contributed by atoms with van der Waals surface area (Å²) in [5.74, 6) is 2.50. The highest BCUT2D eigenvalue weighted by Crippen LogP contribution is 2.20. The van der Waals surface area contributed by atoms with Crippen LogP contribution in [0.15, 0.2) is 29.5 Å². The number of rotatable bonds is 7. The molecule has 2 N–H and O–H groups in total. The zero-order valence-corrected chi connectivity index (χ0v) is 17.6. The molecule has 0 atom stereocenters. The Kier molecular flexibility index (Phi) is 9.25. The molecule has 7 nitrogen and oxygen atoms in total. The minimum atomic E-state index is 0. The third-order valence-corrected chi connectivity index (χ3v) is 3.64. The van der Waals surface area contributed by atoms with E-state index in [9.17, 15) is 0 Å². The highest BCUT2D eigenvalue weighted by atomic mass is 127. The van der Waals surface area contributed by atoms with Gasteiger partial charge in [0.15, 0.2) is 11.8 Å². The number of halogens is 1. The van der Waals surface area contributed by atoms with E-state index in [-0.39, 0.29) is 24.0 Å². The van der Waals surface area contributed by atoms with E-state index in [1.165, 1.54) is 5.56 Å². The van der Waals surface area contributed by atoms with Gasteiger partial charge >= 0.3 is 0 Å². The average Bonchev–Trinajstić information content (AvgIpc) is 3.04. The van der Waals surface area contributed by atoms with E-state index in [0.29, 0.717) is 25.7 Å². The number of aliphatic imine (C=N–C) groups is 1. The van der Waals surface area contributed by atoms with E-state index in [1.54, 1.807) is 13.4 Å². The van der Waals surface area contributed by atoms with Gasteiger partial charge in [-0.25, -0.2) is 0 Å². The van der Waals surface area contributed by atoms with Gasteiger partial charge in [-0.2, -0.15) is 0 Å². The van der Waals surface area contributed by atoms with Gasteiger partial charge in [-0.3, -0.25) is 4.99 Å². The van der Waals surface area contributed by atoms with E-state index in [2.05, 4.69) is 57.9 Å². The number of ether oxygens (including phenoxy) is 1. The minimum absolute atomic E-state index is 0. The van der Waals surface area contributed by atoms with Gasteiger partial charge in [-0.1, -0.05) is 12.1 Å². The van der Waals surface area contributed by atoms with Crippen molar-refractivity contribution in [1.29, 1.82) is 0 Å². The summed E-state index contributed by atoms with van der Waals surface area (Å²) in [5.41, 5.74) is 2.28. The van der Waals surface area contributed by atoms with E-state index in [4.69, 9.17) is 4.74 Å². The number of benzene rings is 1. The predicted octanol–water partition coefficient (Wildman–Crippen LogP) is 2.49. The molecule has 0 saturated carbocycles. The van der Waals surface area contributed by atoms with Crippen molar-refractivity contribution in [2.24, 2.45) is 4.99 Å². The van der Waals surface area contributed by atoms with E-state index >= 15 is 0 Å². The molecule has 0 bridgehead atoms. The van der Waals surface area contributed by atoms with Gasteiger partial charge in [-0.15, -0.1) is 34.2 Å². The van der Waals surface area contributed by atoms with Crippen molar-refractivity contribution in [3.63, 3.8) is 0 Å². The van der Waals surface area contributed by atoms with Crippen molar-refractivity contribution in [2.75, 3.05) is 13.7 Å². The molecule has 0 aliphatic heterocycles. The smallest absolute Gasteiger partial charge is 0.191 e. The Labute approximate surface area is 166 Å². The summed E-state index contributed by atoms with van der Waals surface area (Å²) in [6, 6.07) is 6.22. The SMILES string of the molecule is CCOc1cc(C)ccc1CNC(=NC)NCc1nncn1CC.I. The van der Waals surface area contributed by atoms with E-state index < -0.39 is 0 Å². The second-order valence-corrected chi connectivity index (χ2v) is 5.36. The first kappa shape index (κ1) is 21.2. The predicted molar refractivity (Wildman–Crippen MR) is 110 cm³/mol. The molecule has 1 aromatic heterocycles. The summed E-state index contributed by atoms with van der Waals surface area (Å²) in [5, 5.41) is 14.6. The maximum atomic E-state index is 5.71. The van der Waals surface area contributed by atoms with Crippen LogP contribution in [-0.2, 0) is 19.6 Å². The molecule has 1 heterocycles. The number of hydrogen-bond donors (Lipinski definition) is 2. The molecule has 138 valence electrons. The molecule has 0 amide bonds. The first-order chi connectivity index (χ1) is 11.7. The average molecular weight is 458 g/mol. The van der Waals surface area contributed by atoms with Crippen molar-refractivity contribution < 1.29 is 4.74 Å². The van der Waals surface area contributed by atoms with E-state index in [0.717, 1.165) is 23.7 Å². The Balaban J connectivity index is 0.00000312. The molecule has 2 rings (SSSR count). The summed E-state index contributed by atoms with van der Waals surface area (Å²) >= 11 is 0. The Morgan fingerprint density at radius 2 is 2.00 bits per heavy atom. The van der Waals surface area contributed by atoms with Gasteiger partial charge in [0.25, 0.3) is 0 Å². The molecule has 0 unspecified atom stereocenters. The quantitative estimate of drug-likeness (QED) is 0.379. The van der Waals surface area contributed by atoms with Crippen molar-refractivity contribution >= 4 is 29.9 Å². The Hall–Kier alpha value is -1.84. The topological polar surface area (TPSA) is 76.4 Å². The van der Waals surface area contributed by atoms with Crippen molar-refractivity contribution in [2.45, 2.75) is 40.4 Å². The molecule has 8 heteroatoms. The monoisotopic (exact) mass is 458 g/mol. The van der Waals surface area contributed by atoms with Gasteiger partial charge in [0.05, 0.1) is 13.2 Å². The van der Waals surface area contributed by atoms with Crippen LogP contribution in [0.3, 0.4) is 0 Å². The van der Waals surface area contributed by atoms with Gasteiger partial charge in [0, 0.05) is 25.7 Å². The molecule has 2 aromatic rings. The Bertz CT molecular complexity index is 686. The van der Waals surface area contributed by atoms with Crippen LogP contribution in [0.4, 0.5) is 0 Å². The fraction of sp³-hybridized carbons (Fsp3) is 0.471. The van der Waals surface area contributed by atoms with Gasteiger partial charge in [0.2, 0.25) is 0 Å². The lowest BCUT2D eigenvalue weighted by Crippen LogP contribution is -2.37. The Morgan fingerprint density at radius 1 is 1.24 bits per heavy atom. The number of hydrogen-bond acceptors (Lipinski definition) is 4. The number of nitrogens with one attached hydrogen (secondary N) is 2. The third-order valence-electron chi connectivity index (χ3n) is 3.64. The summed E-state index contributed by atoms with van der Waals surface area (Å²) in [4.78, 5) is 4.25. The highest BCUT2D eigenvalue weighted by molar-refractivity contribution is 14.0. The van der Waals surface area contributed by atoms with Crippen LogP contribution in [0.5, 0.6) is 5.75 Å². The molecule has 0 spiro atoms. The van der Waals surface area contributed by atoms with Crippen molar-refractivity contribution in [3.8, 4) is 5.75 Å². The van der Waals surface area contributed by atoms with Gasteiger partial charge < -0.3 is 19.9 Å². The van der Waals surface area contributed by atoms with Gasteiger partial charge in [0.1, 0.15) is 12.1 Å². The van der Waals surface area contributed by atoms with Crippen LogP contribution in [0, 0.1) is 6.92 Å². The highest BCUT2D eigenvalue weighted by Gasteiger charge is 2.07. The first-order valence-electron chi connectivity index (χ1n) is 8.21. The molecule has 0 saturated heterocycles. The number of aryl methyl sites for hydroxylation is 2. The van der Waals surface area contributed by atoms with Crippen LogP contribution in [0.25, 0.3) is 0 Å². The second-order valence-electron chi connectivity index (χ2n) is 5.36. The van der Waals surface area contributed by atoms with Crippen molar-refractivity contribution in [3.05, 3.63) is 41.5 Å². The lowest BCUT2D eigenvalue weighted by atomic mass is 10.1. The molecule has 0 aliphatic carbocycles. The maximum Gasteiger partial charge on any atom is 0.191 e. The van der Waals surface area contributed by atoms with Crippen LogP contribution < -0.4 is 15.4 Å².